The van der Waals surface area contributed by atoms with E-state index in [1.165, 1.54) is 24.3 Å². The fourth-order valence-electron chi connectivity index (χ4n) is 3.35. The molecule has 11 heteroatoms. The van der Waals surface area contributed by atoms with Crippen molar-refractivity contribution in [3.63, 3.8) is 0 Å². The van der Waals surface area contributed by atoms with Crippen LogP contribution in [-0.2, 0) is 17.9 Å². The topological polar surface area (TPSA) is 102 Å². The van der Waals surface area contributed by atoms with Crippen molar-refractivity contribution in [2.75, 3.05) is 0 Å². The number of hydrogen-bond acceptors (Lipinski definition) is 5. The smallest absolute Gasteiger partial charge is 0.329 e. The fourth-order valence-corrected chi connectivity index (χ4v) is 5.48. The molecule has 178 valence electrons. The summed E-state index contributed by atoms with van der Waals surface area (Å²) in [5.41, 5.74) is 1.81. The van der Waals surface area contributed by atoms with Gasteiger partial charge in [-0.2, -0.15) is 0 Å². The molecule has 0 aliphatic carbocycles. The number of nitrogens with zero attached hydrogens (tertiary/aromatic N) is 2. The van der Waals surface area contributed by atoms with E-state index in [2.05, 4.69) is 50.5 Å². The van der Waals surface area contributed by atoms with Crippen molar-refractivity contribution in [1.82, 2.24) is 10.2 Å². The number of imide groups is 1. The molecule has 1 aliphatic heterocycles. The van der Waals surface area contributed by atoms with Crippen molar-refractivity contribution in [2.45, 2.75) is 13.2 Å². The molecule has 1 N–H and O–H groups in total. The monoisotopic (exact) mass is 699 g/mol. The first-order valence-electron chi connectivity index (χ1n) is 10.2. The van der Waals surface area contributed by atoms with Crippen LogP contribution in [0.25, 0.3) is 6.08 Å². The largest absolute Gasteiger partial charge is 0.487 e. The highest BCUT2D eigenvalue weighted by atomic mass is 127. The maximum atomic E-state index is 14.0. The molecule has 1 fully saturated rings. The summed E-state index contributed by atoms with van der Waals surface area (Å²) in [5, 5.41) is 13.3. The summed E-state index contributed by atoms with van der Waals surface area (Å²) in [5.74, 6) is -0.393. The van der Waals surface area contributed by atoms with Gasteiger partial charge in [0, 0.05) is 17.7 Å². The van der Waals surface area contributed by atoms with E-state index in [0.717, 1.165) is 17.6 Å². The highest BCUT2D eigenvalue weighted by Crippen LogP contribution is 2.31. The molecule has 8 nitrogen and oxygen atoms in total. The Morgan fingerprint density at radius 3 is 2.34 bits per heavy atom. The van der Waals surface area contributed by atoms with Gasteiger partial charge < -0.3 is 10.1 Å². The van der Waals surface area contributed by atoms with Gasteiger partial charge in [0.2, 0.25) is 0 Å². The number of urea groups is 1. The highest BCUT2D eigenvalue weighted by molar-refractivity contribution is 14.1. The van der Waals surface area contributed by atoms with Crippen molar-refractivity contribution in [1.29, 1.82) is 0 Å². The van der Waals surface area contributed by atoms with Gasteiger partial charge >= 0.3 is 6.03 Å². The summed E-state index contributed by atoms with van der Waals surface area (Å²) in [7, 11) is 0. The normalized spacial score (nSPS) is 14.4. The quantitative estimate of drug-likeness (QED) is 0.114. The molecule has 0 unspecified atom stereocenters. The van der Waals surface area contributed by atoms with Gasteiger partial charge in [0.1, 0.15) is 23.9 Å². The van der Waals surface area contributed by atoms with Crippen LogP contribution in [0.5, 0.6) is 5.75 Å². The number of non-ortho nitro benzene ring substituents is 1. The van der Waals surface area contributed by atoms with Crippen LogP contribution in [0, 0.1) is 23.1 Å². The molecule has 0 saturated carbocycles. The highest BCUT2D eigenvalue weighted by Gasteiger charge is 2.34. The van der Waals surface area contributed by atoms with Crippen LogP contribution in [-0.4, -0.2) is 21.8 Å². The molecular weight excluding hydrogens is 683 g/mol. The van der Waals surface area contributed by atoms with E-state index in [4.69, 9.17) is 4.74 Å². The van der Waals surface area contributed by atoms with Crippen LogP contribution in [0.15, 0.2) is 66.4 Å². The Kier molecular flexibility index (Phi) is 7.64. The summed E-state index contributed by atoms with van der Waals surface area (Å²) in [4.78, 5) is 36.4. The Labute approximate surface area is 226 Å². The number of nitrogens with one attached hydrogen (secondary N) is 1. The molecule has 1 saturated heterocycles. The lowest BCUT2D eigenvalue weighted by Crippen LogP contribution is -2.30. The van der Waals surface area contributed by atoms with E-state index >= 15 is 0 Å². The molecule has 0 atom stereocenters. The molecule has 0 radical (unpaired) electrons. The van der Waals surface area contributed by atoms with E-state index in [1.54, 1.807) is 42.5 Å². The van der Waals surface area contributed by atoms with Gasteiger partial charge in [0.15, 0.2) is 0 Å². The second-order valence-electron chi connectivity index (χ2n) is 7.50. The predicted molar refractivity (Wildman–Crippen MR) is 143 cm³/mol. The van der Waals surface area contributed by atoms with Crippen LogP contribution >= 0.6 is 45.2 Å². The van der Waals surface area contributed by atoms with E-state index in [1.807, 2.05) is 0 Å². The molecule has 3 amide bonds. The fraction of sp³-hybridized carbons (Fsp3) is 0.0833. The van der Waals surface area contributed by atoms with Crippen LogP contribution < -0.4 is 10.1 Å². The number of halogens is 3. The first kappa shape index (κ1) is 25.0. The van der Waals surface area contributed by atoms with Crippen molar-refractivity contribution in [3.8, 4) is 5.75 Å². The number of amides is 3. The zero-order valence-electron chi connectivity index (χ0n) is 17.8. The second-order valence-corrected chi connectivity index (χ2v) is 9.82. The molecule has 1 heterocycles. The third kappa shape index (κ3) is 5.78. The number of ether oxygens (including phenoxy) is 1. The van der Waals surface area contributed by atoms with Gasteiger partial charge in [-0.1, -0.05) is 18.2 Å². The van der Waals surface area contributed by atoms with Gasteiger partial charge in [0.05, 0.1) is 18.6 Å². The number of hydrogen-bond donors (Lipinski definition) is 1. The zero-order valence-corrected chi connectivity index (χ0v) is 22.1. The molecule has 3 aromatic rings. The van der Waals surface area contributed by atoms with Gasteiger partial charge in [-0.3, -0.25) is 19.8 Å². The average molecular weight is 699 g/mol. The van der Waals surface area contributed by atoms with Gasteiger partial charge in [-0.15, -0.1) is 0 Å². The Morgan fingerprint density at radius 2 is 1.71 bits per heavy atom. The lowest BCUT2D eigenvalue weighted by molar-refractivity contribution is -0.384. The zero-order chi connectivity index (χ0) is 25.1. The molecule has 3 aromatic carbocycles. The van der Waals surface area contributed by atoms with Crippen LogP contribution in [0.4, 0.5) is 14.9 Å². The van der Waals surface area contributed by atoms with Crippen molar-refractivity contribution in [3.05, 3.63) is 106 Å². The first-order valence-corrected chi connectivity index (χ1v) is 12.3. The Hall–Kier alpha value is -3.07. The van der Waals surface area contributed by atoms with Crippen LogP contribution in [0.3, 0.4) is 0 Å². The van der Waals surface area contributed by atoms with E-state index in [9.17, 15) is 24.1 Å². The number of nitro benzene ring substituents is 1. The maximum absolute atomic E-state index is 14.0. The van der Waals surface area contributed by atoms with E-state index < -0.39 is 22.7 Å². The van der Waals surface area contributed by atoms with Crippen LogP contribution in [0.1, 0.15) is 16.7 Å². The van der Waals surface area contributed by atoms with Crippen molar-refractivity contribution in [2.24, 2.45) is 0 Å². The summed E-state index contributed by atoms with van der Waals surface area (Å²) >= 11 is 4.23. The lowest BCUT2D eigenvalue weighted by Gasteiger charge is -2.12. The average Bonchev–Trinajstić information content (AvgIpc) is 3.07. The van der Waals surface area contributed by atoms with E-state index in [0.29, 0.717) is 11.3 Å². The summed E-state index contributed by atoms with van der Waals surface area (Å²) in [6, 6.07) is 15.1. The Balaban J connectivity index is 1.48. The lowest BCUT2D eigenvalue weighted by atomic mass is 10.1. The molecule has 0 spiro atoms. The number of carbonyl (C=O) groups is 2. The summed E-state index contributed by atoms with van der Waals surface area (Å²) < 4.78 is 21.5. The Morgan fingerprint density at radius 1 is 1.06 bits per heavy atom. The van der Waals surface area contributed by atoms with Crippen LogP contribution in [0.2, 0.25) is 0 Å². The molecule has 1 aliphatic rings. The molecule has 0 bridgehead atoms. The molecule has 0 aromatic heterocycles. The maximum Gasteiger partial charge on any atom is 0.329 e. The second kappa shape index (κ2) is 10.7. The van der Waals surface area contributed by atoms with Gasteiger partial charge in [0.25, 0.3) is 11.6 Å². The molecule has 4 rings (SSSR count). The predicted octanol–water partition coefficient (Wildman–Crippen LogP) is 5.62. The number of benzene rings is 3. The SMILES string of the molecule is O=C1N/C(=C/c2cc(I)c(OCc3ccc([N+](=O)[O-])cc3)c(I)c2)C(=O)N1Cc1ccccc1F. The third-order valence-corrected chi connectivity index (χ3v) is 6.71. The number of rotatable bonds is 7. The minimum absolute atomic E-state index is 0.0105. The minimum Gasteiger partial charge on any atom is -0.487 e. The summed E-state index contributed by atoms with van der Waals surface area (Å²) in [6.07, 6.45) is 1.56. The number of nitro groups is 1. The number of carbonyl (C=O) groups excluding carboxylic acids is 2. The van der Waals surface area contributed by atoms with E-state index in [-0.39, 0.29) is 30.1 Å². The third-order valence-electron chi connectivity index (χ3n) is 5.11. The van der Waals surface area contributed by atoms with Gasteiger partial charge in [-0.25, -0.2) is 9.18 Å². The first-order chi connectivity index (χ1) is 16.7. The minimum atomic E-state index is -0.614. The van der Waals surface area contributed by atoms with Gasteiger partial charge in [-0.05, 0) is 92.7 Å². The standard InChI is InChI=1S/C24H16FI2N3O5/c25-18-4-2-1-3-16(18)12-29-23(31)21(28-24(29)32)11-15-9-19(26)22(20(27)10-15)35-13-14-5-7-17(8-6-14)30(33)34/h1-11H,12-13H2,(H,28,32)/b21-11+. The molecule has 35 heavy (non-hydrogen) atoms. The molecular formula is C24H16FI2N3O5. The summed E-state index contributed by atoms with van der Waals surface area (Å²) in [6.45, 7) is 0.0587. The Bertz CT molecular complexity index is 1340. The van der Waals surface area contributed by atoms with Crippen molar-refractivity contribution < 1.29 is 23.6 Å². The van der Waals surface area contributed by atoms with Crippen molar-refractivity contribution >= 4 is 68.9 Å².